The van der Waals surface area contributed by atoms with Gasteiger partial charge in [-0.3, -0.25) is 0 Å². The first-order valence-electron chi connectivity index (χ1n) is 4.06. The fraction of sp³-hybridized carbons (Fsp3) is 0.333. The summed E-state index contributed by atoms with van der Waals surface area (Å²) in [6, 6.07) is 3.76. The lowest BCUT2D eigenvalue weighted by Crippen LogP contribution is -2.35. The van der Waals surface area contributed by atoms with E-state index in [1.54, 1.807) is 12.1 Å². The summed E-state index contributed by atoms with van der Waals surface area (Å²) in [5.41, 5.74) is 0.971. The van der Waals surface area contributed by atoms with Crippen LogP contribution in [0.2, 0.25) is 15.1 Å². The topological polar surface area (TPSA) is 12.0 Å². The first kappa shape index (κ1) is 9.60. The summed E-state index contributed by atoms with van der Waals surface area (Å²) in [4.78, 5) is 0. The molecule has 1 heterocycles. The van der Waals surface area contributed by atoms with E-state index in [1.165, 1.54) is 0 Å². The minimum Gasteiger partial charge on any atom is -0.310 e. The number of hydrogen-bond acceptors (Lipinski definition) is 1. The lowest BCUT2D eigenvalue weighted by atomic mass is 9.98. The molecule has 0 aromatic heterocycles. The lowest BCUT2D eigenvalue weighted by Gasteiger charge is -2.29. The van der Waals surface area contributed by atoms with Gasteiger partial charge in [-0.1, -0.05) is 34.8 Å². The molecule has 1 aliphatic rings. The average molecular weight is 237 g/mol. The number of hydrogen-bond donors (Lipinski definition) is 1. The Balaban J connectivity index is 2.43. The van der Waals surface area contributed by atoms with Crippen molar-refractivity contribution in [2.24, 2.45) is 0 Å². The molecule has 0 radical (unpaired) electrons. The van der Waals surface area contributed by atoms with Gasteiger partial charge in [0, 0.05) is 26.7 Å². The van der Waals surface area contributed by atoms with E-state index in [0.717, 1.165) is 18.5 Å². The number of rotatable bonds is 1. The van der Waals surface area contributed by atoms with Crippen LogP contribution in [0.5, 0.6) is 0 Å². The van der Waals surface area contributed by atoms with E-state index in [1.807, 2.05) is 0 Å². The van der Waals surface area contributed by atoms with Crippen LogP contribution in [0.1, 0.15) is 18.0 Å². The van der Waals surface area contributed by atoms with Gasteiger partial charge in [-0.15, -0.1) is 0 Å². The van der Waals surface area contributed by atoms with E-state index in [4.69, 9.17) is 34.8 Å². The molecule has 2 rings (SSSR count). The van der Waals surface area contributed by atoms with Gasteiger partial charge in [0.2, 0.25) is 0 Å². The Morgan fingerprint density at radius 1 is 1.15 bits per heavy atom. The average Bonchev–Trinajstić information content (AvgIpc) is 1.92. The third-order valence-electron chi connectivity index (χ3n) is 2.22. The molecule has 1 aromatic rings. The Morgan fingerprint density at radius 3 is 2.08 bits per heavy atom. The van der Waals surface area contributed by atoms with Crippen LogP contribution in [0, 0.1) is 0 Å². The monoisotopic (exact) mass is 235 g/mol. The quantitative estimate of drug-likeness (QED) is 0.784. The van der Waals surface area contributed by atoms with Gasteiger partial charge < -0.3 is 5.32 Å². The molecule has 1 atom stereocenters. The van der Waals surface area contributed by atoms with E-state index in [0.29, 0.717) is 21.1 Å². The molecule has 1 unspecified atom stereocenters. The fourth-order valence-electron chi connectivity index (χ4n) is 1.42. The molecule has 0 aliphatic carbocycles. The highest BCUT2D eigenvalue weighted by atomic mass is 35.5. The van der Waals surface area contributed by atoms with Gasteiger partial charge in [0.1, 0.15) is 0 Å². The third-order valence-corrected chi connectivity index (χ3v) is 3.06. The highest BCUT2D eigenvalue weighted by molar-refractivity contribution is 6.39. The molecular weight excluding hydrogens is 228 g/mol. The maximum Gasteiger partial charge on any atom is 0.0483 e. The van der Waals surface area contributed by atoms with E-state index in [9.17, 15) is 0 Å². The van der Waals surface area contributed by atoms with Crippen LogP contribution in [-0.4, -0.2) is 6.54 Å². The maximum atomic E-state index is 6.03. The fourth-order valence-corrected chi connectivity index (χ4v) is 2.50. The summed E-state index contributed by atoms with van der Waals surface area (Å²) in [7, 11) is 0. The minimum absolute atomic E-state index is 0.303. The first-order valence-corrected chi connectivity index (χ1v) is 5.19. The Bertz CT molecular complexity index is 311. The molecular formula is C9H8Cl3N. The summed E-state index contributed by atoms with van der Waals surface area (Å²) >= 11 is 17.9. The maximum absolute atomic E-state index is 6.03. The smallest absolute Gasteiger partial charge is 0.0483 e. The van der Waals surface area contributed by atoms with Crippen molar-refractivity contribution in [2.75, 3.05) is 6.54 Å². The molecule has 0 amide bonds. The zero-order valence-electron chi connectivity index (χ0n) is 6.78. The summed E-state index contributed by atoms with van der Waals surface area (Å²) in [5, 5.41) is 5.13. The SMILES string of the molecule is Clc1cc(Cl)c(C2CCN2)c(Cl)c1. The Hall–Kier alpha value is 0.0500. The first-order chi connectivity index (χ1) is 6.18. The van der Waals surface area contributed by atoms with Crippen molar-refractivity contribution in [1.82, 2.24) is 5.32 Å². The molecule has 0 saturated carbocycles. The number of halogens is 3. The van der Waals surface area contributed by atoms with Gasteiger partial charge in [-0.25, -0.2) is 0 Å². The van der Waals surface area contributed by atoms with Gasteiger partial charge in [-0.05, 0) is 25.1 Å². The van der Waals surface area contributed by atoms with Crippen molar-refractivity contribution in [2.45, 2.75) is 12.5 Å². The number of benzene rings is 1. The van der Waals surface area contributed by atoms with E-state index in [-0.39, 0.29) is 0 Å². The Kier molecular flexibility index (Phi) is 2.70. The largest absolute Gasteiger partial charge is 0.310 e. The summed E-state index contributed by atoms with van der Waals surface area (Å²) in [6.07, 6.45) is 1.08. The molecule has 70 valence electrons. The minimum atomic E-state index is 0.303. The molecule has 1 N–H and O–H groups in total. The predicted molar refractivity (Wildman–Crippen MR) is 56.8 cm³/mol. The predicted octanol–water partition coefficient (Wildman–Crippen LogP) is 3.68. The Labute approximate surface area is 92.0 Å². The molecule has 0 spiro atoms. The molecule has 0 bridgehead atoms. The van der Waals surface area contributed by atoms with E-state index in [2.05, 4.69) is 5.32 Å². The second kappa shape index (κ2) is 3.66. The summed E-state index contributed by atoms with van der Waals surface area (Å²) in [6.45, 7) is 1.03. The molecule has 4 heteroatoms. The van der Waals surface area contributed by atoms with Crippen molar-refractivity contribution in [3.05, 3.63) is 32.8 Å². The highest BCUT2D eigenvalue weighted by Gasteiger charge is 2.23. The molecule has 13 heavy (non-hydrogen) atoms. The van der Waals surface area contributed by atoms with Gasteiger partial charge >= 0.3 is 0 Å². The van der Waals surface area contributed by atoms with Crippen LogP contribution in [0.4, 0.5) is 0 Å². The summed E-state index contributed by atoms with van der Waals surface area (Å²) in [5.74, 6) is 0. The normalized spacial score (nSPS) is 21.3. The summed E-state index contributed by atoms with van der Waals surface area (Å²) < 4.78 is 0. The van der Waals surface area contributed by atoms with Crippen molar-refractivity contribution in [3.8, 4) is 0 Å². The molecule has 1 saturated heterocycles. The van der Waals surface area contributed by atoms with Crippen LogP contribution in [0.25, 0.3) is 0 Å². The van der Waals surface area contributed by atoms with Crippen molar-refractivity contribution >= 4 is 34.8 Å². The molecule has 1 aromatic carbocycles. The van der Waals surface area contributed by atoms with Gasteiger partial charge in [-0.2, -0.15) is 0 Å². The van der Waals surface area contributed by atoms with Crippen LogP contribution in [0.3, 0.4) is 0 Å². The zero-order chi connectivity index (χ0) is 9.42. The van der Waals surface area contributed by atoms with Crippen molar-refractivity contribution in [3.63, 3.8) is 0 Å². The molecule has 1 nitrogen and oxygen atoms in total. The standard InChI is InChI=1S/C9H8Cl3N/c10-5-3-6(11)9(7(12)4-5)8-1-2-13-8/h3-4,8,13H,1-2H2. The van der Waals surface area contributed by atoms with Gasteiger partial charge in [0.25, 0.3) is 0 Å². The van der Waals surface area contributed by atoms with Crippen LogP contribution in [0.15, 0.2) is 12.1 Å². The second-order valence-corrected chi connectivity index (χ2v) is 4.33. The van der Waals surface area contributed by atoms with E-state index >= 15 is 0 Å². The zero-order valence-corrected chi connectivity index (χ0v) is 9.05. The van der Waals surface area contributed by atoms with Crippen molar-refractivity contribution in [1.29, 1.82) is 0 Å². The second-order valence-electron chi connectivity index (χ2n) is 3.08. The van der Waals surface area contributed by atoms with Gasteiger partial charge in [0.15, 0.2) is 0 Å². The highest BCUT2D eigenvalue weighted by Crippen LogP contribution is 2.36. The van der Waals surface area contributed by atoms with E-state index < -0.39 is 0 Å². The lowest BCUT2D eigenvalue weighted by molar-refractivity contribution is 0.383. The third kappa shape index (κ3) is 1.79. The van der Waals surface area contributed by atoms with Crippen LogP contribution in [-0.2, 0) is 0 Å². The van der Waals surface area contributed by atoms with Crippen LogP contribution < -0.4 is 5.32 Å². The molecule has 1 aliphatic heterocycles. The Morgan fingerprint density at radius 2 is 1.69 bits per heavy atom. The molecule has 1 fully saturated rings. The van der Waals surface area contributed by atoms with Crippen LogP contribution >= 0.6 is 34.8 Å². The van der Waals surface area contributed by atoms with Gasteiger partial charge in [0.05, 0.1) is 0 Å². The number of nitrogens with one attached hydrogen (secondary N) is 1. The van der Waals surface area contributed by atoms with Crippen molar-refractivity contribution < 1.29 is 0 Å².